The molecule has 2 aromatic carbocycles. The average Bonchev–Trinajstić information content (AvgIpc) is 2.57. The Morgan fingerprint density at radius 1 is 1.09 bits per heavy atom. The van der Waals surface area contributed by atoms with Gasteiger partial charge in [0.1, 0.15) is 11.4 Å². The number of methoxy groups -OCH3 is 1. The Balaban J connectivity index is 2.05. The summed E-state index contributed by atoms with van der Waals surface area (Å²) in [7, 11) is 3.39. The van der Waals surface area contributed by atoms with Crippen molar-refractivity contribution < 1.29 is 4.74 Å². The van der Waals surface area contributed by atoms with E-state index in [1.54, 1.807) is 24.8 Å². The highest BCUT2D eigenvalue weighted by molar-refractivity contribution is 5.77. The number of nitrogens with zero attached hydrogens (tertiary/aromatic N) is 2. The lowest BCUT2D eigenvalue weighted by Gasteiger charge is -2.05. The maximum atomic E-state index is 12.4. The monoisotopic (exact) mass is 292 g/mol. The standard InChI is InChI=1S/C18H16N2O2/c1-20-17-9-4-3-8-15(17)19-16(18(20)21)11-10-13-6-5-7-14(12-13)22-2/h3-12H,1-2H3/b11-10+. The molecule has 0 radical (unpaired) electrons. The number of aryl methyl sites for hydroxylation is 1. The highest BCUT2D eigenvalue weighted by atomic mass is 16.5. The fraction of sp³-hybridized carbons (Fsp3) is 0.111. The van der Waals surface area contributed by atoms with Gasteiger partial charge in [0.05, 0.1) is 18.1 Å². The Hall–Kier alpha value is -2.88. The third kappa shape index (κ3) is 2.63. The van der Waals surface area contributed by atoms with Crippen molar-refractivity contribution in [1.82, 2.24) is 9.55 Å². The van der Waals surface area contributed by atoms with E-state index in [1.807, 2.05) is 54.6 Å². The first-order chi connectivity index (χ1) is 10.7. The molecular formula is C18H16N2O2. The number of para-hydroxylation sites is 2. The molecule has 0 spiro atoms. The van der Waals surface area contributed by atoms with E-state index in [-0.39, 0.29) is 5.56 Å². The normalized spacial score (nSPS) is 11.2. The number of benzene rings is 2. The molecule has 3 rings (SSSR count). The third-order valence-corrected chi connectivity index (χ3v) is 3.54. The lowest BCUT2D eigenvalue weighted by molar-refractivity contribution is 0.414. The molecule has 22 heavy (non-hydrogen) atoms. The molecule has 0 aliphatic rings. The molecule has 1 aromatic heterocycles. The van der Waals surface area contributed by atoms with Crippen molar-refractivity contribution in [2.45, 2.75) is 0 Å². The molecule has 0 fully saturated rings. The van der Waals surface area contributed by atoms with Crippen LogP contribution >= 0.6 is 0 Å². The summed E-state index contributed by atoms with van der Waals surface area (Å²) in [5.74, 6) is 0.779. The van der Waals surface area contributed by atoms with E-state index >= 15 is 0 Å². The summed E-state index contributed by atoms with van der Waals surface area (Å²) in [6, 6.07) is 15.2. The molecule has 0 aliphatic heterocycles. The highest BCUT2D eigenvalue weighted by Gasteiger charge is 2.05. The minimum absolute atomic E-state index is 0.113. The van der Waals surface area contributed by atoms with E-state index in [9.17, 15) is 4.79 Å². The number of rotatable bonds is 3. The maximum Gasteiger partial charge on any atom is 0.276 e. The molecule has 1 heterocycles. The largest absolute Gasteiger partial charge is 0.497 e. The second kappa shape index (κ2) is 5.85. The Bertz CT molecular complexity index is 910. The zero-order chi connectivity index (χ0) is 15.5. The van der Waals surface area contributed by atoms with E-state index in [4.69, 9.17) is 4.74 Å². The summed E-state index contributed by atoms with van der Waals surface area (Å²) < 4.78 is 6.81. The van der Waals surface area contributed by atoms with Gasteiger partial charge in [-0.3, -0.25) is 4.79 Å². The predicted octanol–water partition coefficient (Wildman–Crippen LogP) is 3.11. The summed E-state index contributed by atoms with van der Waals surface area (Å²) in [5, 5.41) is 0. The van der Waals surface area contributed by atoms with Crippen molar-refractivity contribution >= 4 is 23.2 Å². The molecule has 0 atom stereocenters. The fourth-order valence-electron chi connectivity index (χ4n) is 2.33. The van der Waals surface area contributed by atoms with Crippen LogP contribution in [0.2, 0.25) is 0 Å². The van der Waals surface area contributed by atoms with Crippen molar-refractivity contribution in [2.75, 3.05) is 7.11 Å². The molecule has 0 unspecified atom stereocenters. The first kappa shape index (κ1) is 14.1. The summed E-state index contributed by atoms with van der Waals surface area (Å²) in [6.45, 7) is 0. The first-order valence-corrected chi connectivity index (χ1v) is 6.97. The molecule has 0 saturated heterocycles. The topological polar surface area (TPSA) is 44.1 Å². The number of hydrogen-bond acceptors (Lipinski definition) is 3. The second-order valence-corrected chi connectivity index (χ2v) is 4.96. The minimum atomic E-state index is -0.113. The predicted molar refractivity (Wildman–Crippen MR) is 88.9 cm³/mol. The van der Waals surface area contributed by atoms with Crippen LogP contribution in [0.3, 0.4) is 0 Å². The van der Waals surface area contributed by atoms with E-state index in [2.05, 4.69) is 4.98 Å². The Kier molecular flexibility index (Phi) is 3.74. The van der Waals surface area contributed by atoms with Gasteiger partial charge >= 0.3 is 0 Å². The molecule has 4 heteroatoms. The Morgan fingerprint density at radius 2 is 1.91 bits per heavy atom. The Labute approximate surface area is 128 Å². The molecule has 3 aromatic rings. The van der Waals surface area contributed by atoms with Gasteiger partial charge in [-0.1, -0.05) is 30.3 Å². The first-order valence-electron chi connectivity index (χ1n) is 6.97. The molecule has 0 saturated carbocycles. The van der Waals surface area contributed by atoms with E-state index in [0.717, 1.165) is 22.3 Å². The van der Waals surface area contributed by atoms with Gasteiger partial charge in [0.25, 0.3) is 5.56 Å². The second-order valence-electron chi connectivity index (χ2n) is 4.96. The van der Waals surface area contributed by atoms with Crippen molar-refractivity contribution in [3.05, 3.63) is 70.1 Å². The van der Waals surface area contributed by atoms with Gasteiger partial charge in [0, 0.05) is 7.05 Å². The molecule has 4 nitrogen and oxygen atoms in total. The quantitative estimate of drug-likeness (QED) is 0.745. The van der Waals surface area contributed by atoms with E-state index in [1.165, 1.54) is 0 Å². The van der Waals surface area contributed by atoms with Gasteiger partial charge in [0.2, 0.25) is 0 Å². The molecular weight excluding hydrogens is 276 g/mol. The fourth-order valence-corrected chi connectivity index (χ4v) is 2.33. The minimum Gasteiger partial charge on any atom is -0.497 e. The van der Waals surface area contributed by atoms with Crippen molar-refractivity contribution in [3.63, 3.8) is 0 Å². The lowest BCUT2D eigenvalue weighted by Crippen LogP contribution is -2.21. The summed E-state index contributed by atoms with van der Waals surface area (Å²) in [4.78, 5) is 16.8. The van der Waals surface area contributed by atoms with Gasteiger partial charge in [-0.15, -0.1) is 0 Å². The van der Waals surface area contributed by atoms with Gasteiger partial charge in [-0.2, -0.15) is 0 Å². The summed E-state index contributed by atoms with van der Waals surface area (Å²) >= 11 is 0. The average molecular weight is 292 g/mol. The Morgan fingerprint density at radius 3 is 2.73 bits per heavy atom. The van der Waals surface area contributed by atoms with E-state index < -0.39 is 0 Å². The van der Waals surface area contributed by atoms with E-state index in [0.29, 0.717) is 5.69 Å². The van der Waals surface area contributed by atoms with Gasteiger partial charge < -0.3 is 9.30 Å². The van der Waals surface area contributed by atoms with Crippen LogP contribution in [0.1, 0.15) is 11.3 Å². The molecule has 0 bridgehead atoms. The third-order valence-electron chi connectivity index (χ3n) is 3.54. The number of hydrogen-bond donors (Lipinski definition) is 0. The number of ether oxygens (including phenoxy) is 1. The summed E-state index contributed by atoms with van der Waals surface area (Å²) in [5.41, 5.74) is 2.89. The zero-order valence-corrected chi connectivity index (χ0v) is 12.5. The van der Waals surface area contributed by atoms with Crippen LogP contribution in [-0.2, 0) is 7.05 Å². The number of aromatic nitrogens is 2. The molecule has 0 aliphatic carbocycles. The van der Waals surface area contributed by atoms with Crippen LogP contribution in [0.25, 0.3) is 23.2 Å². The molecule has 0 N–H and O–H groups in total. The molecule has 0 amide bonds. The van der Waals surface area contributed by atoms with Crippen LogP contribution in [0.15, 0.2) is 53.3 Å². The van der Waals surface area contributed by atoms with Crippen molar-refractivity contribution in [2.24, 2.45) is 7.05 Å². The molecule has 110 valence electrons. The smallest absolute Gasteiger partial charge is 0.276 e. The number of fused-ring (bicyclic) bond motifs is 1. The van der Waals surface area contributed by atoms with Crippen molar-refractivity contribution in [1.29, 1.82) is 0 Å². The van der Waals surface area contributed by atoms with Crippen LogP contribution in [0.4, 0.5) is 0 Å². The van der Waals surface area contributed by atoms with Crippen molar-refractivity contribution in [3.8, 4) is 5.75 Å². The summed E-state index contributed by atoms with van der Waals surface area (Å²) in [6.07, 6.45) is 3.60. The van der Waals surface area contributed by atoms with Crippen LogP contribution in [0.5, 0.6) is 5.75 Å². The van der Waals surface area contributed by atoms with Crippen LogP contribution < -0.4 is 10.3 Å². The maximum absolute atomic E-state index is 12.4. The SMILES string of the molecule is COc1cccc(/C=C/c2nc3ccccc3n(C)c2=O)c1. The van der Waals surface area contributed by atoms with Crippen LogP contribution in [0, 0.1) is 0 Å². The lowest BCUT2D eigenvalue weighted by atomic mass is 10.2. The zero-order valence-electron chi connectivity index (χ0n) is 12.5. The van der Waals surface area contributed by atoms with Crippen LogP contribution in [-0.4, -0.2) is 16.7 Å². The van der Waals surface area contributed by atoms with Gasteiger partial charge in [-0.25, -0.2) is 4.98 Å². The van der Waals surface area contributed by atoms with Gasteiger partial charge in [-0.05, 0) is 35.9 Å². The highest BCUT2D eigenvalue weighted by Crippen LogP contribution is 2.15. The van der Waals surface area contributed by atoms with Gasteiger partial charge in [0.15, 0.2) is 0 Å².